The molecule has 0 spiro atoms. The van der Waals surface area contributed by atoms with Crippen LogP contribution in [0.1, 0.15) is 36.8 Å². The Kier molecular flexibility index (Phi) is 5.53. The van der Waals surface area contributed by atoms with Crippen molar-refractivity contribution in [2.45, 2.75) is 45.9 Å². The zero-order valence-electron chi connectivity index (χ0n) is 19.4. The summed E-state index contributed by atoms with van der Waals surface area (Å²) in [5.41, 5.74) is 1.73. The molecule has 10 nitrogen and oxygen atoms in total. The van der Waals surface area contributed by atoms with Crippen LogP contribution in [0.4, 0.5) is 4.79 Å². The van der Waals surface area contributed by atoms with Crippen LogP contribution in [0.25, 0.3) is 15.9 Å². The van der Waals surface area contributed by atoms with Crippen molar-refractivity contribution < 1.29 is 19.1 Å². The van der Waals surface area contributed by atoms with Gasteiger partial charge in [-0.1, -0.05) is 12.1 Å². The summed E-state index contributed by atoms with van der Waals surface area (Å²) in [6, 6.07) is 7.62. The fourth-order valence-electron chi connectivity index (χ4n) is 4.04. The van der Waals surface area contributed by atoms with Gasteiger partial charge < -0.3 is 14.3 Å². The maximum absolute atomic E-state index is 13.3. The zero-order valence-corrected chi connectivity index (χ0v) is 20.2. The number of thiophene rings is 1. The number of rotatable bonds is 4. The molecule has 0 aliphatic carbocycles. The first-order valence-electron chi connectivity index (χ1n) is 10.9. The van der Waals surface area contributed by atoms with E-state index in [9.17, 15) is 9.59 Å². The maximum atomic E-state index is 13.3. The Hall–Kier alpha value is -3.44. The van der Waals surface area contributed by atoms with Crippen LogP contribution in [0.2, 0.25) is 0 Å². The second-order valence-corrected chi connectivity index (χ2v) is 10.1. The van der Waals surface area contributed by atoms with Gasteiger partial charge in [-0.15, -0.1) is 16.4 Å². The van der Waals surface area contributed by atoms with Crippen molar-refractivity contribution in [2.24, 2.45) is 0 Å². The zero-order chi connectivity index (χ0) is 24.0. The Bertz CT molecular complexity index is 1430. The van der Waals surface area contributed by atoms with E-state index in [0.29, 0.717) is 31.7 Å². The van der Waals surface area contributed by atoms with E-state index in [2.05, 4.69) is 10.1 Å². The fraction of sp³-hybridized carbons (Fsp3) is 0.391. The first-order valence-corrected chi connectivity index (χ1v) is 11.7. The lowest BCUT2D eigenvalue weighted by atomic mass is 10.1. The van der Waals surface area contributed by atoms with Crippen molar-refractivity contribution >= 4 is 33.4 Å². The monoisotopic (exact) mass is 483 g/mol. The molecule has 1 aliphatic rings. The number of hydrogen-bond acceptors (Lipinski definition) is 9. The van der Waals surface area contributed by atoms with Gasteiger partial charge in [0.05, 0.1) is 25.6 Å². The predicted molar refractivity (Wildman–Crippen MR) is 126 cm³/mol. The van der Waals surface area contributed by atoms with Gasteiger partial charge in [-0.3, -0.25) is 4.57 Å². The Morgan fingerprint density at radius 2 is 1.97 bits per heavy atom. The van der Waals surface area contributed by atoms with Crippen molar-refractivity contribution in [1.82, 2.24) is 24.2 Å². The molecule has 178 valence electrons. The summed E-state index contributed by atoms with van der Waals surface area (Å²) in [6.45, 7) is 6.68. The molecular formula is C23H25N5O5S. The summed E-state index contributed by atoms with van der Waals surface area (Å²) >= 11 is 1.51. The van der Waals surface area contributed by atoms with E-state index >= 15 is 0 Å². The van der Waals surface area contributed by atoms with E-state index < -0.39 is 11.8 Å². The molecule has 4 heterocycles. The van der Waals surface area contributed by atoms with Gasteiger partial charge in [0, 0.05) is 11.4 Å². The minimum Gasteiger partial charge on any atom is -0.497 e. The van der Waals surface area contributed by atoms with Crippen LogP contribution < -0.4 is 10.4 Å². The minimum absolute atomic E-state index is 0.253. The van der Waals surface area contributed by atoms with E-state index in [4.69, 9.17) is 14.3 Å². The molecule has 0 fully saturated rings. The Morgan fingerprint density at radius 1 is 1.21 bits per heavy atom. The third kappa shape index (κ3) is 4.12. The van der Waals surface area contributed by atoms with E-state index in [1.807, 2.05) is 24.3 Å². The van der Waals surface area contributed by atoms with Crippen molar-refractivity contribution in [3.8, 4) is 5.75 Å². The molecule has 0 amide bonds. The Balaban J connectivity index is 1.53. The van der Waals surface area contributed by atoms with E-state index in [1.165, 1.54) is 22.2 Å². The normalized spacial score (nSPS) is 14.4. The largest absolute Gasteiger partial charge is 0.528 e. The molecule has 0 N–H and O–H groups in total. The molecule has 0 bridgehead atoms. The molecule has 0 radical (unpaired) electrons. The van der Waals surface area contributed by atoms with Crippen molar-refractivity contribution in [3.63, 3.8) is 0 Å². The third-order valence-corrected chi connectivity index (χ3v) is 6.76. The molecule has 1 aromatic carbocycles. The van der Waals surface area contributed by atoms with E-state index in [0.717, 1.165) is 32.0 Å². The van der Waals surface area contributed by atoms with Crippen molar-refractivity contribution in [2.75, 3.05) is 13.7 Å². The average molecular weight is 484 g/mol. The van der Waals surface area contributed by atoms with Crippen LogP contribution in [0.15, 0.2) is 35.4 Å². The number of hydroxylamine groups is 2. The lowest BCUT2D eigenvalue weighted by molar-refractivity contribution is -0.150. The molecule has 0 atom stereocenters. The first kappa shape index (κ1) is 22.4. The highest BCUT2D eigenvalue weighted by molar-refractivity contribution is 7.19. The second kappa shape index (κ2) is 8.41. The van der Waals surface area contributed by atoms with Gasteiger partial charge in [-0.05, 0) is 50.5 Å². The molecule has 1 aliphatic heterocycles. The van der Waals surface area contributed by atoms with Crippen LogP contribution in [0.5, 0.6) is 5.75 Å². The number of ether oxygens (including phenoxy) is 2. The summed E-state index contributed by atoms with van der Waals surface area (Å²) in [7, 11) is 1.62. The van der Waals surface area contributed by atoms with Crippen LogP contribution >= 0.6 is 11.3 Å². The highest BCUT2D eigenvalue weighted by Crippen LogP contribution is 2.36. The number of carbonyl (C=O) groups is 1. The molecule has 34 heavy (non-hydrogen) atoms. The van der Waals surface area contributed by atoms with Gasteiger partial charge in [0.2, 0.25) is 0 Å². The summed E-state index contributed by atoms with van der Waals surface area (Å²) < 4.78 is 13.6. The quantitative estimate of drug-likeness (QED) is 0.407. The lowest BCUT2D eigenvalue weighted by Gasteiger charge is -2.26. The fourth-order valence-corrected chi connectivity index (χ4v) is 5.38. The summed E-state index contributed by atoms with van der Waals surface area (Å²) in [6.07, 6.45) is 1.31. The van der Waals surface area contributed by atoms with Gasteiger partial charge in [0.15, 0.2) is 5.65 Å². The van der Waals surface area contributed by atoms with E-state index in [-0.39, 0.29) is 5.69 Å². The van der Waals surface area contributed by atoms with Gasteiger partial charge in [-0.2, -0.15) is 9.61 Å². The van der Waals surface area contributed by atoms with Crippen molar-refractivity contribution in [3.05, 3.63) is 57.1 Å². The smallest absolute Gasteiger partial charge is 0.497 e. The number of benzene rings is 1. The predicted octanol–water partition coefficient (Wildman–Crippen LogP) is 3.39. The Morgan fingerprint density at radius 3 is 2.68 bits per heavy atom. The molecule has 0 saturated heterocycles. The molecule has 3 aromatic heterocycles. The summed E-state index contributed by atoms with van der Waals surface area (Å²) in [4.78, 5) is 37.1. The molecule has 4 aromatic rings. The third-order valence-electron chi connectivity index (χ3n) is 5.52. The van der Waals surface area contributed by atoms with Gasteiger partial charge in [0.1, 0.15) is 22.5 Å². The second-order valence-electron chi connectivity index (χ2n) is 9.07. The van der Waals surface area contributed by atoms with Gasteiger partial charge >= 0.3 is 11.8 Å². The van der Waals surface area contributed by atoms with Gasteiger partial charge in [-0.25, -0.2) is 14.6 Å². The molecule has 5 rings (SSSR count). The van der Waals surface area contributed by atoms with Gasteiger partial charge in [0.25, 0.3) is 0 Å². The van der Waals surface area contributed by atoms with Crippen LogP contribution in [0.3, 0.4) is 0 Å². The first-order chi connectivity index (χ1) is 16.2. The lowest BCUT2D eigenvalue weighted by Crippen LogP contribution is -2.35. The topological polar surface area (TPSA) is 100 Å². The van der Waals surface area contributed by atoms with Crippen LogP contribution in [-0.4, -0.2) is 49.6 Å². The molecule has 0 unspecified atom stereocenters. The number of methoxy groups -OCH3 is 1. The maximum Gasteiger partial charge on any atom is 0.528 e. The standard InChI is InChI=1S/C23H25N5O5S/c1-23(2,3)32-22(30)33-26-10-9-16-17(12-26)34-20-18(16)19-24-13-25-28(19)21(29)27(20)11-14-5-7-15(31-4)8-6-14/h5-8,13H,9-12H2,1-4H3. The average Bonchev–Trinajstić information content (AvgIpc) is 3.40. The summed E-state index contributed by atoms with van der Waals surface area (Å²) in [5, 5.41) is 6.69. The highest BCUT2D eigenvalue weighted by atomic mass is 32.1. The molecular weight excluding hydrogens is 458 g/mol. The number of nitrogens with zero attached hydrogens (tertiary/aromatic N) is 5. The number of hydrogen-bond donors (Lipinski definition) is 0. The number of aromatic nitrogens is 4. The summed E-state index contributed by atoms with van der Waals surface area (Å²) in [5.74, 6) is 0.754. The highest BCUT2D eigenvalue weighted by Gasteiger charge is 2.29. The molecule has 11 heteroatoms. The number of fused-ring (bicyclic) bond motifs is 5. The Labute approximate surface area is 199 Å². The SMILES string of the molecule is COc1ccc(Cn2c(=O)n3ncnc3c3c4c(sc32)CN(OC(=O)OC(C)(C)C)CC4)cc1. The van der Waals surface area contributed by atoms with Crippen LogP contribution in [-0.2, 0) is 29.1 Å². The van der Waals surface area contributed by atoms with Crippen LogP contribution in [0, 0.1) is 0 Å². The van der Waals surface area contributed by atoms with E-state index in [1.54, 1.807) is 37.5 Å². The number of carbonyl (C=O) groups excluding carboxylic acids is 1. The van der Waals surface area contributed by atoms with Crippen molar-refractivity contribution in [1.29, 1.82) is 0 Å². The minimum atomic E-state index is -0.728. The molecule has 0 saturated carbocycles.